The molecule has 0 spiro atoms. The number of nitrogens with zero attached hydrogens (tertiary/aromatic N) is 4. The number of aryl methyl sites for hydroxylation is 2. The van der Waals surface area contributed by atoms with Gasteiger partial charge in [-0.15, -0.1) is 10.2 Å². The summed E-state index contributed by atoms with van der Waals surface area (Å²) in [5, 5.41) is 13.9. The van der Waals surface area contributed by atoms with Crippen LogP contribution in [0.25, 0.3) is 5.69 Å². The topological polar surface area (TPSA) is 95.1 Å². The van der Waals surface area contributed by atoms with Crippen molar-refractivity contribution in [2.45, 2.75) is 20.3 Å². The molecule has 24 heavy (non-hydrogen) atoms. The molecule has 8 heteroatoms. The molecule has 1 aromatic carbocycles. The third-order valence-electron chi connectivity index (χ3n) is 3.38. The first-order valence-electron chi connectivity index (χ1n) is 7.49. The van der Waals surface area contributed by atoms with Gasteiger partial charge in [-0.25, -0.2) is 0 Å². The van der Waals surface area contributed by atoms with Crippen LogP contribution >= 0.6 is 0 Å². The van der Waals surface area contributed by atoms with Crippen LogP contribution in [0.2, 0.25) is 0 Å². The van der Waals surface area contributed by atoms with Gasteiger partial charge in [0.1, 0.15) is 24.2 Å². The minimum absolute atomic E-state index is 0.146. The molecule has 0 unspecified atom stereocenters. The Balaban J connectivity index is 1.71. The van der Waals surface area contributed by atoms with Gasteiger partial charge in [0.05, 0.1) is 5.69 Å². The Morgan fingerprint density at radius 1 is 1.29 bits per heavy atom. The molecule has 0 saturated heterocycles. The van der Waals surface area contributed by atoms with Crippen LogP contribution < -0.4 is 10.1 Å². The average molecular weight is 327 g/mol. The molecule has 1 amide bonds. The van der Waals surface area contributed by atoms with Crippen LogP contribution in [0.1, 0.15) is 18.2 Å². The number of rotatable bonds is 6. The zero-order valence-electron chi connectivity index (χ0n) is 13.4. The number of hydrogen-bond donors (Lipinski definition) is 1. The lowest BCUT2D eigenvalue weighted by Gasteiger charge is -2.12. The van der Waals surface area contributed by atoms with Crippen LogP contribution in [0.4, 0.5) is 5.82 Å². The van der Waals surface area contributed by atoms with Crippen LogP contribution in [0.5, 0.6) is 5.75 Å². The van der Waals surface area contributed by atoms with Crippen molar-refractivity contribution in [3.05, 3.63) is 48.2 Å². The first-order valence-corrected chi connectivity index (χ1v) is 7.49. The summed E-state index contributed by atoms with van der Waals surface area (Å²) in [4.78, 5) is 12.0. The van der Waals surface area contributed by atoms with Crippen LogP contribution in [-0.4, -0.2) is 32.4 Å². The molecule has 3 aromatic rings. The largest absolute Gasteiger partial charge is 0.482 e. The SMILES string of the molecule is CCc1ccc(OCC(=O)Nc2cc(C)on2)c(-n2cnnc2)c1. The fraction of sp³-hybridized carbons (Fsp3) is 0.250. The number of aromatic nitrogens is 4. The number of anilines is 1. The van der Waals surface area contributed by atoms with Crippen molar-refractivity contribution in [1.82, 2.24) is 19.9 Å². The smallest absolute Gasteiger partial charge is 0.263 e. The molecule has 0 radical (unpaired) electrons. The highest BCUT2D eigenvalue weighted by atomic mass is 16.5. The summed E-state index contributed by atoms with van der Waals surface area (Å²) in [6.07, 6.45) is 4.06. The Hall–Kier alpha value is -3.16. The fourth-order valence-electron chi connectivity index (χ4n) is 2.18. The number of ether oxygens (including phenoxy) is 1. The lowest BCUT2D eigenvalue weighted by atomic mass is 10.1. The molecule has 0 saturated carbocycles. The second-order valence-corrected chi connectivity index (χ2v) is 5.18. The van der Waals surface area contributed by atoms with Gasteiger partial charge in [0, 0.05) is 6.07 Å². The van der Waals surface area contributed by atoms with E-state index in [1.807, 2.05) is 18.2 Å². The fourth-order valence-corrected chi connectivity index (χ4v) is 2.18. The molecule has 124 valence electrons. The zero-order valence-corrected chi connectivity index (χ0v) is 13.4. The summed E-state index contributed by atoms with van der Waals surface area (Å²) in [6.45, 7) is 3.67. The van der Waals surface area contributed by atoms with Crippen molar-refractivity contribution in [3.63, 3.8) is 0 Å². The Kier molecular flexibility index (Phi) is 4.55. The van der Waals surface area contributed by atoms with E-state index >= 15 is 0 Å². The third-order valence-corrected chi connectivity index (χ3v) is 3.38. The summed E-state index contributed by atoms with van der Waals surface area (Å²) in [5.74, 6) is 1.23. The van der Waals surface area contributed by atoms with Gasteiger partial charge in [0.15, 0.2) is 12.4 Å². The molecular weight excluding hydrogens is 310 g/mol. The van der Waals surface area contributed by atoms with E-state index in [9.17, 15) is 4.79 Å². The number of carbonyl (C=O) groups is 1. The quantitative estimate of drug-likeness (QED) is 0.745. The second kappa shape index (κ2) is 6.95. The predicted octanol–water partition coefficient (Wildman–Crippen LogP) is 2.14. The highest BCUT2D eigenvalue weighted by molar-refractivity contribution is 5.90. The van der Waals surface area contributed by atoms with E-state index in [-0.39, 0.29) is 12.5 Å². The highest BCUT2D eigenvalue weighted by Gasteiger charge is 2.11. The van der Waals surface area contributed by atoms with E-state index in [2.05, 4.69) is 27.6 Å². The van der Waals surface area contributed by atoms with Gasteiger partial charge in [0.2, 0.25) is 0 Å². The Labute approximate surface area is 138 Å². The second-order valence-electron chi connectivity index (χ2n) is 5.18. The van der Waals surface area contributed by atoms with Gasteiger partial charge in [-0.3, -0.25) is 9.36 Å². The summed E-state index contributed by atoms with van der Waals surface area (Å²) in [7, 11) is 0. The molecule has 0 atom stereocenters. The van der Waals surface area contributed by atoms with Crippen molar-refractivity contribution in [1.29, 1.82) is 0 Å². The van der Waals surface area contributed by atoms with E-state index in [1.165, 1.54) is 0 Å². The maximum Gasteiger partial charge on any atom is 0.263 e. The normalized spacial score (nSPS) is 10.6. The molecule has 0 aliphatic heterocycles. The van der Waals surface area contributed by atoms with Crippen molar-refractivity contribution in [3.8, 4) is 11.4 Å². The number of hydrogen-bond acceptors (Lipinski definition) is 6. The molecular formula is C16H17N5O3. The van der Waals surface area contributed by atoms with Gasteiger partial charge in [-0.2, -0.15) is 0 Å². The molecule has 0 bridgehead atoms. The van der Waals surface area contributed by atoms with Crippen LogP contribution in [0.3, 0.4) is 0 Å². The summed E-state index contributed by atoms with van der Waals surface area (Å²) < 4.78 is 12.3. The van der Waals surface area contributed by atoms with E-state index < -0.39 is 0 Å². The monoisotopic (exact) mass is 327 g/mol. The van der Waals surface area contributed by atoms with Crippen molar-refractivity contribution in [2.75, 3.05) is 11.9 Å². The zero-order chi connectivity index (χ0) is 16.9. The van der Waals surface area contributed by atoms with E-state index in [0.29, 0.717) is 17.3 Å². The average Bonchev–Trinajstić information content (AvgIpc) is 3.24. The van der Waals surface area contributed by atoms with Crippen molar-refractivity contribution in [2.24, 2.45) is 0 Å². The number of carbonyl (C=O) groups excluding carboxylic acids is 1. The Morgan fingerprint density at radius 3 is 2.75 bits per heavy atom. The summed E-state index contributed by atoms with van der Waals surface area (Å²) >= 11 is 0. The number of nitrogens with one attached hydrogen (secondary N) is 1. The van der Waals surface area contributed by atoms with Gasteiger partial charge in [-0.05, 0) is 31.0 Å². The van der Waals surface area contributed by atoms with E-state index in [4.69, 9.17) is 9.26 Å². The first kappa shape index (κ1) is 15.7. The maximum absolute atomic E-state index is 12.0. The first-order chi connectivity index (χ1) is 11.7. The minimum Gasteiger partial charge on any atom is -0.482 e. The lowest BCUT2D eigenvalue weighted by molar-refractivity contribution is -0.118. The van der Waals surface area contributed by atoms with Gasteiger partial charge in [0.25, 0.3) is 5.91 Å². The van der Waals surface area contributed by atoms with Crippen molar-refractivity contribution >= 4 is 11.7 Å². The Bertz CT molecular complexity index is 826. The van der Waals surface area contributed by atoms with E-state index in [1.54, 1.807) is 30.2 Å². The summed E-state index contributed by atoms with van der Waals surface area (Å²) in [5.41, 5.74) is 1.93. The molecule has 3 rings (SSSR count). The lowest BCUT2D eigenvalue weighted by Crippen LogP contribution is -2.20. The van der Waals surface area contributed by atoms with Crippen molar-refractivity contribution < 1.29 is 14.1 Å². The van der Waals surface area contributed by atoms with E-state index in [0.717, 1.165) is 17.7 Å². The number of benzene rings is 1. The minimum atomic E-state index is -0.322. The number of amides is 1. The molecule has 2 aromatic heterocycles. The predicted molar refractivity (Wildman–Crippen MR) is 86.1 cm³/mol. The van der Waals surface area contributed by atoms with Gasteiger partial charge in [-0.1, -0.05) is 18.1 Å². The third kappa shape index (κ3) is 3.60. The molecule has 0 aliphatic rings. The molecule has 0 fully saturated rings. The summed E-state index contributed by atoms with van der Waals surface area (Å²) in [6, 6.07) is 7.41. The molecule has 1 N–H and O–H groups in total. The van der Waals surface area contributed by atoms with Gasteiger partial charge < -0.3 is 14.6 Å². The Morgan fingerprint density at radius 2 is 2.08 bits per heavy atom. The molecule has 0 aliphatic carbocycles. The molecule has 8 nitrogen and oxygen atoms in total. The van der Waals surface area contributed by atoms with Crippen LogP contribution in [-0.2, 0) is 11.2 Å². The van der Waals surface area contributed by atoms with Gasteiger partial charge >= 0.3 is 0 Å². The molecule has 2 heterocycles. The highest BCUT2D eigenvalue weighted by Crippen LogP contribution is 2.24. The maximum atomic E-state index is 12.0. The van der Waals surface area contributed by atoms with Crippen LogP contribution in [0.15, 0.2) is 41.4 Å². The van der Waals surface area contributed by atoms with Crippen LogP contribution in [0, 0.1) is 6.92 Å². The standard InChI is InChI=1S/C16H17N5O3/c1-3-12-4-5-14(13(7-12)21-9-17-18-10-21)23-8-16(22)19-15-6-11(2)24-20-15/h4-7,9-10H,3,8H2,1-2H3,(H,19,20,22).